The Hall–Kier alpha value is -0.530. The minimum Gasteiger partial charge on any atom is -0.373 e. The maximum atomic E-state index is 6.34. The van der Waals surface area contributed by atoms with Crippen molar-refractivity contribution in [2.75, 3.05) is 6.61 Å². The van der Waals surface area contributed by atoms with Crippen molar-refractivity contribution in [3.05, 3.63) is 35.9 Å². The van der Waals surface area contributed by atoms with Gasteiger partial charge in [0.05, 0.1) is 6.10 Å². The van der Waals surface area contributed by atoms with E-state index in [4.69, 9.17) is 16.3 Å². The second-order valence-electron chi connectivity index (χ2n) is 4.08. The van der Waals surface area contributed by atoms with Gasteiger partial charge in [0.25, 0.3) is 0 Å². The highest BCUT2D eigenvalue weighted by atomic mass is 35.5. The van der Waals surface area contributed by atoms with E-state index in [0.29, 0.717) is 5.92 Å². The van der Waals surface area contributed by atoms with Gasteiger partial charge in [-0.2, -0.15) is 0 Å². The van der Waals surface area contributed by atoms with E-state index in [-0.39, 0.29) is 11.5 Å². The number of halogens is 1. The monoisotopic (exact) mass is 224 g/mol. The molecule has 1 aliphatic rings. The van der Waals surface area contributed by atoms with Crippen LogP contribution in [0.15, 0.2) is 30.3 Å². The predicted octanol–water partition coefficient (Wildman–Crippen LogP) is 3.78. The normalized spacial score (nSPS) is 27.9. The Bertz CT molecular complexity index is 299. The first-order valence-electron chi connectivity index (χ1n) is 5.63. The summed E-state index contributed by atoms with van der Waals surface area (Å²) in [5, 5.41) is 0.234. The lowest BCUT2D eigenvalue weighted by Gasteiger charge is -2.22. The third-order valence-corrected chi connectivity index (χ3v) is 3.75. The Balaban J connectivity index is 2.15. The van der Waals surface area contributed by atoms with Gasteiger partial charge in [-0.25, -0.2) is 0 Å². The van der Waals surface area contributed by atoms with E-state index in [0.717, 1.165) is 19.4 Å². The molecule has 1 aromatic rings. The number of ether oxygens (including phenoxy) is 1. The van der Waals surface area contributed by atoms with Gasteiger partial charge < -0.3 is 4.74 Å². The lowest BCUT2D eigenvalue weighted by molar-refractivity contribution is 0.0894. The molecule has 2 rings (SSSR count). The van der Waals surface area contributed by atoms with Crippen LogP contribution in [0, 0.1) is 5.92 Å². The minimum atomic E-state index is 0.202. The summed E-state index contributed by atoms with van der Waals surface area (Å²) in [6, 6.07) is 10.4. The second-order valence-corrected chi connectivity index (χ2v) is 4.64. The van der Waals surface area contributed by atoms with Gasteiger partial charge in [0, 0.05) is 17.9 Å². The van der Waals surface area contributed by atoms with Crippen LogP contribution in [0.2, 0.25) is 0 Å². The molecule has 0 aliphatic carbocycles. The molecule has 0 amide bonds. The van der Waals surface area contributed by atoms with Gasteiger partial charge in [0.1, 0.15) is 0 Å². The molecule has 1 aliphatic heterocycles. The zero-order chi connectivity index (χ0) is 10.7. The van der Waals surface area contributed by atoms with Crippen molar-refractivity contribution in [3.63, 3.8) is 0 Å². The highest BCUT2D eigenvalue weighted by Crippen LogP contribution is 2.39. The first kappa shape index (κ1) is 11.0. The first-order chi connectivity index (χ1) is 7.33. The van der Waals surface area contributed by atoms with Gasteiger partial charge in [-0.05, 0) is 18.4 Å². The number of hydrogen-bond acceptors (Lipinski definition) is 1. The fourth-order valence-electron chi connectivity index (χ4n) is 2.27. The molecule has 0 aromatic heterocycles. The Morgan fingerprint density at radius 1 is 1.40 bits per heavy atom. The number of rotatable bonds is 3. The molecule has 2 heteroatoms. The molecule has 1 aromatic carbocycles. The van der Waals surface area contributed by atoms with Crippen molar-refractivity contribution in [2.45, 2.75) is 31.2 Å². The molecule has 82 valence electrons. The van der Waals surface area contributed by atoms with Crippen molar-refractivity contribution < 1.29 is 4.74 Å². The second kappa shape index (κ2) is 5.00. The van der Waals surface area contributed by atoms with Crippen molar-refractivity contribution in [1.29, 1.82) is 0 Å². The van der Waals surface area contributed by atoms with Crippen molar-refractivity contribution >= 4 is 11.6 Å². The van der Waals surface area contributed by atoms with E-state index in [2.05, 4.69) is 31.2 Å². The lowest BCUT2D eigenvalue weighted by Crippen LogP contribution is -2.17. The maximum Gasteiger partial charge on any atom is 0.0868 e. The quantitative estimate of drug-likeness (QED) is 0.710. The van der Waals surface area contributed by atoms with Gasteiger partial charge in [0.2, 0.25) is 0 Å². The fraction of sp³-hybridized carbons (Fsp3) is 0.538. The van der Waals surface area contributed by atoms with Crippen LogP contribution in [-0.2, 0) is 4.74 Å². The first-order valence-corrected chi connectivity index (χ1v) is 6.07. The van der Waals surface area contributed by atoms with Crippen LogP contribution in [0.5, 0.6) is 0 Å². The highest BCUT2D eigenvalue weighted by Gasteiger charge is 2.33. The molecule has 0 N–H and O–H groups in total. The largest absolute Gasteiger partial charge is 0.373 e. The summed E-state index contributed by atoms with van der Waals surface area (Å²) in [5.74, 6) is 0.471. The predicted molar refractivity (Wildman–Crippen MR) is 63.2 cm³/mol. The van der Waals surface area contributed by atoms with Crippen LogP contribution in [0.3, 0.4) is 0 Å². The molecule has 1 heterocycles. The van der Waals surface area contributed by atoms with Crippen LogP contribution < -0.4 is 0 Å². The summed E-state index contributed by atoms with van der Waals surface area (Å²) in [6.07, 6.45) is 2.30. The standard InChI is InChI=1S/C13H17ClO/c1-2-12(14)11-8-9-15-13(11)10-6-4-3-5-7-10/h3-7,11-13H,2,8-9H2,1H3/t11-,12?,13+/m0/s1. The smallest absolute Gasteiger partial charge is 0.0868 e. The van der Waals surface area contributed by atoms with Crippen LogP contribution in [0.25, 0.3) is 0 Å². The molecule has 0 bridgehead atoms. The van der Waals surface area contributed by atoms with Gasteiger partial charge in [0.15, 0.2) is 0 Å². The van der Waals surface area contributed by atoms with Gasteiger partial charge in [-0.1, -0.05) is 37.3 Å². The zero-order valence-corrected chi connectivity index (χ0v) is 9.78. The molecular weight excluding hydrogens is 208 g/mol. The van der Waals surface area contributed by atoms with E-state index in [1.807, 2.05) is 6.07 Å². The maximum absolute atomic E-state index is 6.34. The Kier molecular flexibility index (Phi) is 3.66. The highest BCUT2D eigenvalue weighted by molar-refractivity contribution is 6.20. The molecule has 3 atom stereocenters. The van der Waals surface area contributed by atoms with E-state index in [1.165, 1.54) is 5.56 Å². The van der Waals surface area contributed by atoms with Crippen molar-refractivity contribution in [1.82, 2.24) is 0 Å². The topological polar surface area (TPSA) is 9.23 Å². The summed E-state index contributed by atoms with van der Waals surface area (Å²) < 4.78 is 5.79. The summed E-state index contributed by atoms with van der Waals surface area (Å²) in [5.41, 5.74) is 1.26. The number of alkyl halides is 1. The van der Waals surface area contributed by atoms with Crippen LogP contribution in [0.4, 0.5) is 0 Å². The molecule has 0 radical (unpaired) electrons. The van der Waals surface area contributed by atoms with Crippen LogP contribution in [-0.4, -0.2) is 12.0 Å². The number of hydrogen-bond donors (Lipinski definition) is 0. The average molecular weight is 225 g/mol. The van der Waals surface area contributed by atoms with Crippen molar-refractivity contribution in [3.8, 4) is 0 Å². The van der Waals surface area contributed by atoms with E-state index < -0.39 is 0 Å². The van der Waals surface area contributed by atoms with Gasteiger partial charge in [-0.3, -0.25) is 0 Å². The molecule has 1 saturated heterocycles. The van der Waals surface area contributed by atoms with Crippen LogP contribution in [0.1, 0.15) is 31.4 Å². The molecule has 1 fully saturated rings. The molecule has 15 heavy (non-hydrogen) atoms. The fourth-order valence-corrected chi connectivity index (χ4v) is 2.52. The Morgan fingerprint density at radius 2 is 2.13 bits per heavy atom. The molecular formula is C13H17ClO. The third kappa shape index (κ3) is 2.35. The molecule has 1 nitrogen and oxygen atoms in total. The molecule has 0 spiro atoms. The summed E-state index contributed by atoms with van der Waals surface area (Å²) in [4.78, 5) is 0. The summed E-state index contributed by atoms with van der Waals surface area (Å²) >= 11 is 6.34. The van der Waals surface area contributed by atoms with E-state index in [9.17, 15) is 0 Å². The van der Waals surface area contributed by atoms with Gasteiger partial charge in [-0.15, -0.1) is 11.6 Å². The van der Waals surface area contributed by atoms with Crippen molar-refractivity contribution in [2.24, 2.45) is 5.92 Å². The minimum absolute atomic E-state index is 0.202. The lowest BCUT2D eigenvalue weighted by atomic mass is 9.91. The van der Waals surface area contributed by atoms with Crippen LogP contribution >= 0.6 is 11.6 Å². The third-order valence-electron chi connectivity index (χ3n) is 3.12. The van der Waals surface area contributed by atoms with E-state index in [1.54, 1.807) is 0 Å². The SMILES string of the molecule is CCC(Cl)[C@@H]1CCO[C@@H]1c1ccccc1. The number of benzene rings is 1. The summed E-state index contributed by atoms with van der Waals surface area (Å²) in [6.45, 7) is 2.98. The van der Waals surface area contributed by atoms with Gasteiger partial charge >= 0.3 is 0 Å². The Labute approximate surface area is 96.4 Å². The van der Waals surface area contributed by atoms with E-state index >= 15 is 0 Å². The zero-order valence-electron chi connectivity index (χ0n) is 9.03. The molecule has 1 unspecified atom stereocenters. The Morgan fingerprint density at radius 3 is 2.80 bits per heavy atom. The molecule has 0 saturated carbocycles. The summed E-state index contributed by atoms with van der Waals surface area (Å²) in [7, 11) is 0. The average Bonchev–Trinajstić information content (AvgIpc) is 2.78.